The highest BCUT2D eigenvalue weighted by Gasteiger charge is 2.47. The number of furan rings is 2. The van der Waals surface area contributed by atoms with Gasteiger partial charge in [0, 0.05) is 45.6 Å². The van der Waals surface area contributed by atoms with E-state index in [0.29, 0.717) is 0 Å². The summed E-state index contributed by atoms with van der Waals surface area (Å²) in [5.41, 5.74) is 9.10. The first-order valence-electron chi connectivity index (χ1n) is 25.2. The average molecular weight is 837 g/mol. The molecule has 332 valence electrons. The van der Waals surface area contributed by atoms with E-state index in [4.69, 9.17) is 8.83 Å². The summed E-state index contributed by atoms with van der Waals surface area (Å²) in [5.74, 6) is 4.30. The number of hydrogen-bond acceptors (Lipinski definition) is 2. The van der Waals surface area contributed by atoms with Crippen molar-refractivity contribution >= 4 is 0 Å². The van der Waals surface area contributed by atoms with Gasteiger partial charge in [-0.1, -0.05) is 93.9 Å². The number of nitrogens with one attached hydrogen (secondary N) is 4. The lowest BCUT2D eigenvalue weighted by atomic mass is 9.69. The molecular weight excluding hydrogens is 761 g/mol. The molecule has 2 fully saturated rings. The van der Waals surface area contributed by atoms with Crippen molar-refractivity contribution < 1.29 is 8.83 Å². The van der Waals surface area contributed by atoms with Gasteiger partial charge in [0.2, 0.25) is 0 Å². The zero-order valence-electron chi connectivity index (χ0n) is 39.5. The van der Waals surface area contributed by atoms with Gasteiger partial charge in [-0.3, -0.25) is 0 Å². The van der Waals surface area contributed by atoms with Crippen molar-refractivity contribution in [1.29, 1.82) is 0 Å². The summed E-state index contributed by atoms with van der Waals surface area (Å²) in [6.45, 7) is 18.7. The van der Waals surface area contributed by atoms with E-state index in [2.05, 4.69) is 148 Å². The number of H-pyrrole nitrogens is 4. The van der Waals surface area contributed by atoms with Crippen LogP contribution in [0.4, 0.5) is 0 Å². The quantitative estimate of drug-likeness (QED) is 0.123. The molecule has 7 heterocycles. The van der Waals surface area contributed by atoms with Crippen LogP contribution in [0, 0.1) is 0 Å². The Hall–Kier alpha value is -4.32. The van der Waals surface area contributed by atoms with E-state index in [1.165, 1.54) is 84.1 Å². The van der Waals surface area contributed by atoms with Crippen molar-refractivity contribution in [2.45, 2.75) is 203 Å². The Bertz CT molecular complexity index is 2090. The number of aromatic amines is 4. The molecular formula is C56H76N4O2. The van der Waals surface area contributed by atoms with E-state index < -0.39 is 0 Å². The van der Waals surface area contributed by atoms with Crippen molar-refractivity contribution in [2.24, 2.45) is 0 Å². The number of aromatic nitrogens is 4. The van der Waals surface area contributed by atoms with Crippen LogP contribution < -0.4 is 0 Å². The van der Waals surface area contributed by atoms with Crippen molar-refractivity contribution in [2.75, 3.05) is 0 Å². The van der Waals surface area contributed by atoms with E-state index in [1.54, 1.807) is 0 Å². The first-order valence-corrected chi connectivity index (χ1v) is 25.2. The summed E-state index contributed by atoms with van der Waals surface area (Å²) in [5, 5.41) is 0. The van der Waals surface area contributed by atoms with E-state index in [1.807, 2.05) is 0 Å². The predicted octanol–water partition coefficient (Wildman–Crippen LogP) is 15.4. The summed E-state index contributed by atoms with van der Waals surface area (Å²) in [7, 11) is 0. The Morgan fingerprint density at radius 1 is 0.306 bits per heavy atom. The van der Waals surface area contributed by atoms with Crippen molar-refractivity contribution in [3.05, 3.63) is 141 Å². The van der Waals surface area contributed by atoms with Crippen LogP contribution in [0.5, 0.6) is 0 Å². The molecule has 62 heavy (non-hydrogen) atoms. The van der Waals surface area contributed by atoms with Crippen LogP contribution >= 0.6 is 0 Å². The zero-order chi connectivity index (χ0) is 43.4. The summed E-state index contributed by atoms with van der Waals surface area (Å²) in [6.07, 6.45) is 19.6. The van der Waals surface area contributed by atoms with Crippen LogP contribution in [-0.4, -0.2) is 19.9 Å². The highest BCUT2D eigenvalue weighted by Crippen LogP contribution is 2.52. The van der Waals surface area contributed by atoms with Crippen LogP contribution in [0.15, 0.2) is 81.6 Å². The Balaban J connectivity index is 1.28. The molecule has 6 heteroatoms. The van der Waals surface area contributed by atoms with Gasteiger partial charge in [-0.2, -0.15) is 0 Å². The Labute approximate surface area is 372 Å². The molecule has 4 N–H and O–H groups in total. The maximum Gasteiger partial charge on any atom is 0.116 e. The molecule has 0 atom stereocenters. The molecule has 2 saturated carbocycles. The highest BCUT2D eigenvalue weighted by atomic mass is 16.3. The minimum Gasteiger partial charge on any atom is -0.464 e. The smallest absolute Gasteiger partial charge is 0.116 e. The fourth-order valence-corrected chi connectivity index (χ4v) is 13.6. The molecule has 0 unspecified atom stereocenters. The lowest BCUT2D eigenvalue weighted by Crippen LogP contribution is -2.33. The average Bonchev–Trinajstić information content (AvgIpc) is 4.18. The summed E-state index contributed by atoms with van der Waals surface area (Å²) in [6, 6.07) is 28.5. The second-order valence-corrected chi connectivity index (χ2v) is 19.9. The topological polar surface area (TPSA) is 89.4 Å². The molecule has 0 radical (unpaired) electrons. The van der Waals surface area contributed by atoms with Crippen LogP contribution in [0.1, 0.15) is 240 Å². The third-order valence-corrected chi connectivity index (χ3v) is 18.2. The lowest BCUT2D eigenvalue weighted by Gasteiger charge is -2.37. The van der Waals surface area contributed by atoms with Crippen molar-refractivity contribution in [3.63, 3.8) is 0 Å². The minimum atomic E-state index is -0.268. The van der Waals surface area contributed by atoms with E-state index >= 15 is 0 Å². The molecule has 6 aromatic heterocycles. The Morgan fingerprint density at radius 2 is 0.516 bits per heavy atom. The molecule has 6 aromatic rings. The predicted molar refractivity (Wildman–Crippen MR) is 254 cm³/mol. The second-order valence-electron chi connectivity index (χ2n) is 19.9. The molecule has 6 nitrogen and oxygen atoms in total. The van der Waals surface area contributed by atoms with Gasteiger partial charge < -0.3 is 28.8 Å². The maximum absolute atomic E-state index is 7.32. The van der Waals surface area contributed by atoms with Crippen LogP contribution in [0.3, 0.4) is 0 Å². The van der Waals surface area contributed by atoms with E-state index in [0.717, 1.165) is 100 Å². The van der Waals surface area contributed by atoms with Crippen LogP contribution in [0.2, 0.25) is 0 Å². The maximum atomic E-state index is 7.32. The molecule has 2 spiro atoms. The number of hydrogen-bond donors (Lipinski definition) is 4. The SMILES string of the molecule is CCC1(CC)c2ccc([nH]2)C2(CCCCC2)c2ccc([nH]2)C(CC)(CC)c2ccc(o2)C(CC)(CC)c2ccc([nH]2)C2(CCCCC2)c2ccc([nH]2)C(CC)(CC)c2ccc1o2. The molecule has 0 amide bonds. The first kappa shape index (κ1) is 43.0. The fourth-order valence-electron chi connectivity index (χ4n) is 13.6. The van der Waals surface area contributed by atoms with Gasteiger partial charge >= 0.3 is 0 Å². The normalized spacial score (nSPS) is 20.9. The largest absolute Gasteiger partial charge is 0.464 e. The first-order chi connectivity index (χ1) is 30.2. The third-order valence-electron chi connectivity index (χ3n) is 18.2. The van der Waals surface area contributed by atoms with E-state index in [-0.39, 0.29) is 32.5 Å². The van der Waals surface area contributed by atoms with Crippen LogP contribution in [-0.2, 0) is 32.5 Å². The molecule has 0 saturated heterocycles. The minimum absolute atomic E-state index is 0.114. The number of rotatable bonds is 8. The van der Waals surface area contributed by atoms with Gasteiger partial charge in [-0.25, -0.2) is 0 Å². The fraction of sp³-hybridized carbons (Fsp3) is 0.571. The molecule has 9 rings (SSSR count). The van der Waals surface area contributed by atoms with Gasteiger partial charge in [-0.05, 0) is 150 Å². The van der Waals surface area contributed by atoms with Gasteiger partial charge in [0.1, 0.15) is 23.0 Å². The standard InChI is InChI=1S/C56H76N4O2/c1-9-51(10-2)39-23-27-43(57-39)55(35-19-17-20-36-55)44-28-25-41(59-44)53(13-5,14-6)49-33-34-50(62-49)54(15-7,16-8)42-26-30-46(60-42)56(37-21-18-22-38-56)45-29-24-40(58-45)52(11-3,12-4)48-32-31-47(51)61-48/h23-34,57-60H,9-22,35-38H2,1-8H3. The third kappa shape index (κ3) is 6.06. The second kappa shape index (κ2) is 16.3. The molecule has 2 aliphatic carbocycles. The summed E-state index contributed by atoms with van der Waals surface area (Å²) < 4.78 is 14.6. The monoisotopic (exact) mass is 837 g/mol. The molecule has 0 aromatic carbocycles. The van der Waals surface area contributed by atoms with Crippen LogP contribution in [0.25, 0.3) is 0 Å². The molecule has 12 bridgehead atoms. The van der Waals surface area contributed by atoms with Gasteiger partial charge in [0.15, 0.2) is 0 Å². The molecule has 1 aliphatic heterocycles. The summed E-state index contributed by atoms with van der Waals surface area (Å²) >= 11 is 0. The lowest BCUT2D eigenvalue weighted by molar-refractivity contribution is 0.293. The Kier molecular flexibility index (Phi) is 11.3. The van der Waals surface area contributed by atoms with Crippen molar-refractivity contribution in [1.82, 2.24) is 19.9 Å². The van der Waals surface area contributed by atoms with Gasteiger partial charge in [0.25, 0.3) is 0 Å². The Morgan fingerprint density at radius 3 is 0.726 bits per heavy atom. The van der Waals surface area contributed by atoms with E-state index in [9.17, 15) is 0 Å². The summed E-state index contributed by atoms with van der Waals surface area (Å²) in [4.78, 5) is 16.6. The highest BCUT2D eigenvalue weighted by molar-refractivity contribution is 5.45. The molecule has 3 aliphatic rings. The van der Waals surface area contributed by atoms with Gasteiger partial charge in [0.05, 0.1) is 32.5 Å². The van der Waals surface area contributed by atoms with Gasteiger partial charge in [-0.15, -0.1) is 0 Å². The number of fused-ring (bicyclic) bond motifs is 16. The zero-order valence-corrected chi connectivity index (χ0v) is 39.5. The van der Waals surface area contributed by atoms with Crippen molar-refractivity contribution in [3.8, 4) is 0 Å².